The van der Waals surface area contributed by atoms with Crippen LogP contribution in [0.25, 0.3) is 0 Å². The molecule has 1 N–H and O–H groups in total. The van der Waals surface area contributed by atoms with Crippen LogP contribution in [0.15, 0.2) is 30.6 Å². The highest BCUT2D eigenvalue weighted by atomic mass is 35.5. The number of carbonyl (C=O) groups excluding carboxylic acids is 1. The lowest BCUT2D eigenvalue weighted by Gasteiger charge is -2.13. The number of carbonyl (C=O) groups is 1. The van der Waals surface area contributed by atoms with E-state index in [9.17, 15) is 13.6 Å². The standard InChI is InChI=1S/C16H18ClF2N3O3/c1-2-24-14-8-11(4-5-13(14)25-16(18)19)15(23)20-6-3-7-22-10-12(17)9-21-22/h4-5,8-10,16H,2-3,6-7H2,1H3,(H,20,23). The van der Waals surface area contributed by atoms with Crippen molar-refractivity contribution in [3.05, 3.63) is 41.2 Å². The number of benzene rings is 1. The fraction of sp³-hybridized carbons (Fsp3) is 0.375. The molecule has 1 aromatic carbocycles. The first-order valence-corrected chi connectivity index (χ1v) is 8.05. The van der Waals surface area contributed by atoms with Crippen LogP contribution in [0.5, 0.6) is 11.5 Å². The third-order valence-corrected chi connectivity index (χ3v) is 3.37. The van der Waals surface area contributed by atoms with Gasteiger partial charge in [0.2, 0.25) is 0 Å². The fourth-order valence-electron chi connectivity index (χ4n) is 2.12. The Morgan fingerprint density at radius 1 is 1.40 bits per heavy atom. The van der Waals surface area contributed by atoms with E-state index in [4.69, 9.17) is 16.3 Å². The number of aromatic nitrogens is 2. The van der Waals surface area contributed by atoms with Crippen molar-refractivity contribution < 1.29 is 23.0 Å². The lowest BCUT2D eigenvalue weighted by molar-refractivity contribution is -0.0514. The van der Waals surface area contributed by atoms with Crippen molar-refractivity contribution >= 4 is 17.5 Å². The molecule has 6 nitrogen and oxygen atoms in total. The van der Waals surface area contributed by atoms with Gasteiger partial charge in [0.15, 0.2) is 11.5 Å². The number of aryl methyl sites for hydroxylation is 1. The third kappa shape index (κ3) is 5.90. The number of alkyl halides is 2. The van der Waals surface area contributed by atoms with Gasteiger partial charge in [-0.25, -0.2) is 0 Å². The summed E-state index contributed by atoms with van der Waals surface area (Å²) in [4.78, 5) is 12.2. The molecule has 0 aliphatic carbocycles. The number of rotatable bonds is 9. The van der Waals surface area contributed by atoms with Gasteiger partial charge in [-0.05, 0) is 31.5 Å². The van der Waals surface area contributed by atoms with Crippen LogP contribution in [-0.4, -0.2) is 35.5 Å². The molecule has 0 saturated carbocycles. The molecule has 0 fully saturated rings. The van der Waals surface area contributed by atoms with Gasteiger partial charge in [0.25, 0.3) is 5.91 Å². The molecule has 0 aliphatic heterocycles. The number of ether oxygens (including phenoxy) is 2. The normalized spacial score (nSPS) is 10.8. The average Bonchev–Trinajstić information content (AvgIpc) is 2.98. The fourth-order valence-corrected chi connectivity index (χ4v) is 2.27. The van der Waals surface area contributed by atoms with E-state index in [-0.39, 0.29) is 24.0 Å². The topological polar surface area (TPSA) is 65.4 Å². The van der Waals surface area contributed by atoms with E-state index in [1.54, 1.807) is 24.0 Å². The van der Waals surface area contributed by atoms with Gasteiger partial charge >= 0.3 is 6.61 Å². The Kier molecular flexibility index (Phi) is 7.00. The Morgan fingerprint density at radius 2 is 2.20 bits per heavy atom. The third-order valence-electron chi connectivity index (χ3n) is 3.17. The summed E-state index contributed by atoms with van der Waals surface area (Å²) in [7, 11) is 0. The van der Waals surface area contributed by atoms with Crippen molar-refractivity contribution in [2.75, 3.05) is 13.2 Å². The quantitative estimate of drug-likeness (QED) is 0.684. The van der Waals surface area contributed by atoms with Crippen LogP contribution in [-0.2, 0) is 6.54 Å². The van der Waals surface area contributed by atoms with E-state index in [2.05, 4.69) is 15.2 Å². The van der Waals surface area contributed by atoms with Gasteiger partial charge in [0, 0.05) is 24.8 Å². The zero-order chi connectivity index (χ0) is 18.2. The van der Waals surface area contributed by atoms with Crippen LogP contribution in [0.1, 0.15) is 23.7 Å². The number of amides is 1. The minimum Gasteiger partial charge on any atom is -0.490 e. The first kappa shape index (κ1) is 19.0. The van der Waals surface area contributed by atoms with Gasteiger partial charge in [0.05, 0.1) is 17.8 Å². The zero-order valence-electron chi connectivity index (χ0n) is 13.5. The molecule has 9 heteroatoms. The van der Waals surface area contributed by atoms with Crippen molar-refractivity contribution in [1.29, 1.82) is 0 Å². The molecule has 1 heterocycles. The number of hydrogen-bond acceptors (Lipinski definition) is 4. The molecule has 0 unspecified atom stereocenters. The van der Waals surface area contributed by atoms with Crippen LogP contribution < -0.4 is 14.8 Å². The molecule has 25 heavy (non-hydrogen) atoms. The molecule has 0 radical (unpaired) electrons. The first-order chi connectivity index (χ1) is 12.0. The van der Waals surface area contributed by atoms with E-state index in [1.165, 1.54) is 18.2 Å². The van der Waals surface area contributed by atoms with Gasteiger partial charge in [0.1, 0.15) is 0 Å². The van der Waals surface area contributed by atoms with Crippen molar-refractivity contribution in [2.24, 2.45) is 0 Å². The van der Waals surface area contributed by atoms with Crippen LogP contribution in [0.4, 0.5) is 8.78 Å². The maximum absolute atomic E-state index is 12.4. The molecule has 2 rings (SSSR count). The highest BCUT2D eigenvalue weighted by Crippen LogP contribution is 2.29. The molecule has 2 aromatic rings. The maximum Gasteiger partial charge on any atom is 0.387 e. The molecule has 1 amide bonds. The van der Waals surface area contributed by atoms with Gasteiger partial charge in [-0.2, -0.15) is 13.9 Å². The zero-order valence-corrected chi connectivity index (χ0v) is 14.3. The van der Waals surface area contributed by atoms with E-state index < -0.39 is 6.61 Å². The number of nitrogens with one attached hydrogen (secondary N) is 1. The Morgan fingerprint density at radius 3 is 2.84 bits per heavy atom. The summed E-state index contributed by atoms with van der Waals surface area (Å²) in [5, 5.41) is 7.34. The largest absolute Gasteiger partial charge is 0.490 e. The smallest absolute Gasteiger partial charge is 0.387 e. The van der Waals surface area contributed by atoms with Crippen molar-refractivity contribution in [3.8, 4) is 11.5 Å². The van der Waals surface area contributed by atoms with Crippen molar-refractivity contribution in [2.45, 2.75) is 26.5 Å². The Bertz CT molecular complexity index is 710. The maximum atomic E-state index is 12.4. The van der Waals surface area contributed by atoms with Crippen LogP contribution in [0, 0.1) is 0 Å². The molecule has 0 saturated heterocycles. The number of halogens is 3. The van der Waals surface area contributed by atoms with Crippen LogP contribution in [0.3, 0.4) is 0 Å². The predicted octanol–water partition coefficient (Wildman–Crippen LogP) is 3.36. The summed E-state index contributed by atoms with van der Waals surface area (Å²) in [5.41, 5.74) is 0.298. The van der Waals surface area contributed by atoms with Gasteiger partial charge < -0.3 is 14.8 Å². The summed E-state index contributed by atoms with van der Waals surface area (Å²) in [5.74, 6) is -0.339. The first-order valence-electron chi connectivity index (χ1n) is 7.67. The summed E-state index contributed by atoms with van der Waals surface area (Å²) in [6, 6.07) is 4.07. The molecule has 1 aromatic heterocycles. The second-order valence-corrected chi connectivity index (χ2v) is 5.44. The molecular weight excluding hydrogens is 356 g/mol. The second-order valence-electron chi connectivity index (χ2n) is 5.00. The highest BCUT2D eigenvalue weighted by Gasteiger charge is 2.14. The minimum atomic E-state index is -2.96. The number of hydrogen-bond donors (Lipinski definition) is 1. The lowest BCUT2D eigenvalue weighted by Crippen LogP contribution is -2.25. The van der Waals surface area contributed by atoms with E-state index >= 15 is 0 Å². The molecular formula is C16H18ClF2N3O3. The lowest BCUT2D eigenvalue weighted by atomic mass is 10.2. The molecule has 0 bridgehead atoms. The Labute approximate surface area is 148 Å². The van der Waals surface area contributed by atoms with E-state index in [0.717, 1.165) is 0 Å². The Balaban J connectivity index is 1.90. The Hall–Kier alpha value is -2.35. The SMILES string of the molecule is CCOc1cc(C(=O)NCCCn2cc(Cl)cn2)ccc1OC(F)F. The van der Waals surface area contributed by atoms with Crippen molar-refractivity contribution in [3.63, 3.8) is 0 Å². The van der Waals surface area contributed by atoms with Gasteiger partial charge in [-0.15, -0.1) is 0 Å². The van der Waals surface area contributed by atoms with Gasteiger partial charge in [-0.1, -0.05) is 11.6 Å². The summed E-state index contributed by atoms with van der Waals surface area (Å²) in [6.45, 7) is 0.0422. The number of nitrogens with zero attached hydrogens (tertiary/aromatic N) is 2. The predicted molar refractivity (Wildman–Crippen MR) is 88.4 cm³/mol. The second kappa shape index (κ2) is 9.22. The van der Waals surface area contributed by atoms with Crippen molar-refractivity contribution in [1.82, 2.24) is 15.1 Å². The molecule has 0 spiro atoms. The van der Waals surface area contributed by atoms with Crippen LogP contribution in [0.2, 0.25) is 5.02 Å². The monoisotopic (exact) mass is 373 g/mol. The van der Waals surface area contributed by atoms with Crippen LogP contribution >= 0.6 is 11.6 Å². The summed E-state index contributed by atoms with van der Waals surface area (Å²) < 4.78 is 36.1. The van der Waals surface area contributed by atoms with Gasteiger partial charge in [-0.3, -0.25) is 9.48 Å². The summed E-state index contributed by atoms with van der Waals surface area (Å²) in [6.07, 6.45) is 3.90. The van der Waals surface area contributed by atoms with E-state index in [0.29, 0.717) is 30.1 Å². The molecule has 0 aliphatic rings. The minimum absolute atomic E-state index is 0.0987. The molecule has 136 valence electrons. The average molecular weight is 374 g/mol. The summed E-state index contributed by atoms with van der Waals surface area (Å²) >= 11 is 5.77. The van der Waals surface area contributed by atoms with E-state index in [1.807, 2.05) is 0 Å². The molecule has 0 atom stereocenters. The highest BCUT2D eigenvalue weighted by molar-refractivity contribution is 6.30.